The highest BCUT2D eigenvalue weighted by atomic mass is 32.2. The first-order valence-electron chi connectivity index (χ1n) is 7.65. The highest BCUT2D eigenvalue weighted by Crippen LogP contribution is 2.30. The fraction of sp³-hybridized carbons (Fsp3) is 0.438. The van der Waals surface area contributed by atoms with E-state index in [-0.39, 0.29) is 17.0 Å². The number of carbonyl (C=O) groups is 3. The van der Waals surface area contributed by atoms with Crippen LogP contribution in [-0.4, -0.2) is 57.3 Å². The summed E-state index contributed by atoms with van der Waals surface area (Å²) in [6.07, 6.45) is 0. The molecule has 150 valence electrons. The van der Waals surface area contributed by atoms with Gasteiger partial charge in [0.25, 0.3) is 0 Å². The Hall–Kier alpha value is -2.82. The topological polar surface area (TPSA) is 137 Å². The number of methoxy groups -OCH3 is 1. The van der Waals surface area contributed by atoms with Gasteiger partial charge in [-0.25, -0.2) is 18.0 Å². The van der Waals surface area contributed by atoms with E-state index >= 15 is 0 Å². The van der Waals surface area contributed by atoms with E-state index < -0.39 is 47.6 Å². The van der Waals surface area contributed by atoms with Gasteiger partial charge in [0.05, 0.1) is 18.4 Å². The number of hydrogen-bond acceptors (Lipinski definition) is 8. The van der Waals surface area contributed by atoms with Gasteiger partial charge in [0.2, 0.25) is 10.9 Å². The Morgan fingerprint density at radius 3 is 2.30 bits per heavy atom. The summed E-state index contributed by atoms with van der Waals surface area (Å²) < 4.78 is 38.8. The SMILES string of the molecule is COc1ccc(C(=O)OCC(=O)O)cc1N(CC(=O)OC(C)(C)C)[SH](=O)=O. The number of anilines is 1. The molecule has 0 atom stereocenters. The third-order valence-electron chi connectivity index (χ3n) is 2.92. The molecule has 0 amide bonds. The maximum atomic E-state index is 12.0. The standard InChI is InChI=1S/C16H21NO9S/c1-16(2,3)26-14(20)8-17(27(22)23)11-7-10(5-6-12(11)24-4)15(21)25-9-13(18)19/h5-7,27H,8-9H2,1-4H3,(H,18,19). The Labute approximate surface area is 157 Å². The zero-order valence-corrected chi connectivity index (χ0v) is 16.1. The summed E-state index contributed by atoms with van der Waals surface area (Å²) in [7, 11) is -2.00. The molecule has 0 aliphatic heterocycles. The lowest BCUT2D eigenvalue weighted by Gasteiger charge is -2.24. The van der Waals surface area contributed by atoms with Crippen molar-refractivity contribution in [2.45, 2.75) is 26.4 Å². The second-order valence-corrected chi connectivity index (χ2v) is 7.20. The molecule has 0 fully saturated rings. The quantitative estimate of drug-likeness (QED) is 0.472. The number of benzene rings is 1. The zero-order valence-electron chi connectivity index (χ0n) is 15.3. The van der Waals surface area contributed by atoms with Gasteiger partial charge in [-0.05, 0) is 39.0 Å². The monoisotopic (exact) mass is 403 g/mol. The molecule has 0 spiro atoms. The lowest BCUT2D eigenvalue weighted by atomic mass is 10.2. The van der Waals surface area contributed by atoms with Crippen molar-refractivity contribution in [3.8, 4) is 5.75 Å². The Balaban J connectivity index is 3.20. The van der Waals surface area contributed by atoms with Crippen molar-refractivity contribution in [1.29, 1.82) is 0 Å². The lowest BCUT2D eigenvalue weighted by molar-refractivity contribution is -0.152. The van der Waals surface area contributed by atoms with Crippen molar-refractivity contribution in [2.24, 2.45) is 0 Å². The average molecular weight is 403 g/mol. The molecule has 0 heterocycles. The fourth-order valence-electron chi connectivity index (χ4n) is 1.96. The van der Waals surface area contributed by atoms with Crippen molar-refractivity contribution < 1.29 is 42.1 Å². The molecule has 0 radical (unpaired) electrons. The van der Waals surface area contributed by atoms with Gasteiger partial charge in [-0.15, -0.1) is 0 Å². The Kier molecular flexibility index (Phi) is 7.58. The van der Waals surface area contributed by atoms with Gasteiger partial charge in [-0.3, -0.25) is 9.10 Å². The van der Waals surface area contributed by atoms with Crippen molar-refractivity contribution >= 4 is 34.5 Å². The molecule has 1 N–H and O–H groups in total. The molecule has 0 aliphatic rings. The van der Waals surface area contributed by atoms with Crippen molar-refractivity contribution in [2.75, 3.05) is 24.6 Å². The van der Waals surface area contributed by atoms with Crippen LogP contribution in [-0.2, 0) is 30.0 Å². The molecule has 1 rings (SSSR count). The van der Waals surface area contributed by atoms with Gasteiger partial charge >= 0.3 is 17.9 Å². The number of rotatable bonds is 8. The predicted octanol–water partition coefficient (Wildman–Crippen LogP) is 0.611. The molecule has 10 nitrogen and oxygen atoms in total. The van der Waals surface area contributed by atoms with Crippen LogP contribution in [0.25, 0.3) is 0 Å². The van der Waals surface area contributed by atoms with E-state index in [1.807, 2.05) is 0 Å². The van der Waals surface area contributed by atoms with Crippen LogP contribution in [0.4, 0.5) is 5.69 Å². The normalized spacial score (nSPS) is 11.0. The van der Waals surface area contributed by atoms with Gasteiger partial charge in [0.1, 0.15) is 17.9 Å². The van der Waals surface area contributed by atoms with E-state index in [1.54, 1.807) is 20.8 Å². The molecule has 1 aromatic carbocycles. The third-order valence-corrected chi connectivity index (χ3v) is 3.67. The maximum Gasteiger partial charge on any atom is 0.341 e. The molecule has 0 saturated carbocycles. The molecule has 0 aliphatic carbocycles. The van der Waals surface area contributed by atoms with Crippen LogP contribution in [0.2, 0.25) is 0 Å². The van der Waals surface area contributed by atoms with Gasteiger partial charge < -0.3 is 19.3 Å². The molecule has 0 aromatic heterocycles. The average Bonchev–Trinajstić information content (AvgIpc) is 2.55. The van der Waals surface area contributed by atoms with E-state index in [1.165, 1.54) is 19.2 Å². The van der Waals surface area contributed by atoms with Gasteiger partial charge in [0.15, 0.2) is 6.61 Å². The van der Waals surface area contributed by atoms with E-state index in [2.05, 4.69) is 4.74 Å². The summed E-state index contributed by atoms with van der Waals surface area (Å²) in [5, 5.41) is 8.56. The molecule has 27 heavy (non-hydrogen) atoms. The van der Waals surface area contributed by atoms with Crippen LogP contribution in [0.3, 0.4) is 0 Å². The number of thiol groups is 1. The van der Waals surface area contributed by atoms with E-state index in [4.69, 9.17) is 14.6 Å². The molecular formula is C16H21NO9S. The summed E-state index contributed by atoms with van der Waals surface area (Å²) in [6.45, 7) is 3.40. The smallest absolute Gasteiger partial charge is 0.341 e. The highest BCUT2D eigenvalue weighted by molar-refractivity contribution is 7.74. The molecule has 1 aromatic rings. The number of esters is 2. The minimum Gasteiger partial charge on any atom is -0.495 e. The van der Waals surface area contributed by atoms with Crippen LogP contribution in [0.1, 0.15) is 31.1 Å². The number of aliphatic carboxylic acids is 1. The van der Waals surface area contributed by atoms with Gasteiger partial charge in [-0.2, -0.15) is 0 Å². The van der Waals surface area contributed by atoms with Crippen LogP contribution in [0.5, 0.6) is 5.75 Å². The number of carboxylic acids is 1. The molecule has 0 bridgehead atoms. The molecular weight excluding hydrogens is 382 g/mol. The van der Waals surface area contributed by atoms with Crippen LogP contribution in [0.15, 0.2) is 18.2 Å². The number of hydrogen-bond donors (Lipinski definition) is 2. The van der Waals surface area contributed by atoms with Crippen LogP contribution in [0, 0.1) is 0 Å². The summed E-state index contributed by atoms with van der Waals surface area (Å²) in [5.41, 5.74) is -1.02. The molecule has 11 heteroatoms. The van der Waals surface area contributed by atoms with Crippen molar-refractivity contribution in [3.63, 3.8) is 0 Å². The molecule has 0 unspecified atom stereocenters. The summed E-state index contributed by atoms with van der Waals surface area (Å²) >= 11 is 0. The molecule has 0 saturated heterocycles. The third kappa shape index (κ3) is 7.13. The maximum absolute atomic E-state index is 12.0. The number of carboxylic acid groups (broad SMARTS) is 1. The van der Waals surface area contributed by atoms with Crippen LogP contribution >= 0.6 is 0 Å². The minimum atomic E-state index is -3.28. The summed E-state index contributed by atoms with van der Waals surface area (Å²) in [5.74, 6) is -3.04. The number of carbonyl (C=O) groups excluding carboxylic acids is 2. The van der Waals surface area contributed by atoms with Crippen molar-refractivity contribution in [3.05, 3.63) is 23.8 Å². The Morgan fingerprint density at radius 2 is 1.81 bits per heavy atom. The summed E-state index contributed by atoms with van der Waals surface area (Å²) in [6, 6.07) is 3.70. The van der Waals surface area contributed by atoms with E-state index in [0.29, 0.717) is 4.31 Å². The second kappa shape index (κ2) is 9.21. The van der Waals surface area contributed by atoms with Gasteiger partial charge in [0, 0.05) is 0 Å². The first-order chi connectivity index (χ1) is 12.4. The van der Waals surface area contributed by atoms with Gasteiger partial charge in [-0.1, -0.05) is 0 Å². The lowest BCUT2D eigenvalue weighted by Crippen LogP contribution is -2.34. The highest BCUT2D eigenvalue weighted by Gasteiger charge is 2.24. The predicted molar refractivity (Wildman–Crippen MR) is 94.4 cm³/mol. The van der Waals surface area contributed by atoms with Crippen LogP contribution < -0.4 is 9.04 Å². The van der Waals surface area contributed by atoms with Crippen molar-refractivity contribution in [1.82, 2.24) is 0 Å². The number of ether oxygens (including phenoxy) is 3. The first-order valence-corrected chi connectivity index (χ1v) is 8.78. The van der Waals surface area contributed by atoms with E-state index in [9.17, 15) is 22.8 Å². The first kappa shape index (κ1) is 22.2. The summed E-state index contributed by atoms with van der Waals surface area (Å²) in [4.78, 5) is 34.4. The second-order valence-electron chi connectivity index (χ2n) is 6.24. The largest absolute Gasteiger partial charge is 0.495 e. The van der Waals surface area contributed by atoms with E-state index in [0.717, 1.165) is 6.07 Å². The Bertz CT molecular complexity index is 788. The minimum absolute atomic E-state index is 0.0764. The Morgan fingerprint density at radius 1 is 1.19 bits per heavy atom. The fourth-order valence-corrected chi connectivity index (χ4v) is 2.52. The zero-order chi connectivity index (χ0) is 20.8. The number of nitrogens with zero attached hydrogens (tertiary/aromatic N) is 1.